The zero-order valence-corrected chi connectivity index (χ0v) is 24.5. The van der Waals surface area contributed by atoms with E-state index >= 15 is 0 Å². The van der Waals surface area contributed by atoms with Crippen LogP contribution in [0.4, 0.5) is 9.59 Å². The molecule has 2 aromatic carbocycles. The number of urea groups is 1. The van der Waals surface area contributed by atoms with E-state index in [2.05, 4.69) is 21.1 Å². The fourth-order valence-corrected chi connectivity index (χ4v) is 4.67. The van der Waals surface area contributed by atoms with E-state index in [1.54, 1.807) is 25.1 Å². The first-order valence-corrected chi connectivity index (χ1v) is 14.2. The molecule has 1 fully saturated rings. The number of nitrogens with one attached hydrogen (secondary N) is 3. The molecule has 6 amide bonds. The number of carbonyl (C=O) groups excluding carboxylic acids is 5. The monoisotopic (exact) mass is 626 g/mol. The van der Waals surface area contributed by atoms with Crippen LogP contribution in [0.5, 0.6) is 0 Å². The van der Waals surface area contributed by atoms with Gasteiger partial charge in [-0.15, -0.1) is 0 Å². The molecule has 15 nitrogen and oxygen atoms in total. The molecule has 3 rings (SSSR count). The van der Waals surface area contributed by atoms with Crippen LogP contribution in [-0.2, 0) is 35.3 Å². The molecule has 5 N–H and O–H groups in total. The van der Waals surface area contributed by atoms with Crippen molar-refractivity contribution in [3.05, 3.63) is 71.8 Å². The summed E-state index contributed by atoms with van der Waals surface area (Å²) >= 11 is 0. The Morgan fingerprint density at radius 2 is 1.67 bits per heavy atom. The molecule has 3 atom stereocenters. The molecule has 0 radical (unpaired) electrons. The molecular formula is C30H35N5O10. The lowest BCUT2D eigenvalue weighted by atomic mass is 10.1. The van der Waals surface area contributed by atoms with Gasteiger partial charge in [0.25, 0.3) is 7.34 Å². The second-order valence-corrected chi connectivity index (χ2v) is 10.0. The number of amides is 6. The summed E-state index contributed by atoms with van der Waals surface area (Å²) in [5.41, 5.74) is 1.03. The van der Waals surface area contributed by atoms with Crippen molar-refractivity contribution in [3.63, 3.8) is 0 Å². The number of aliphatic carboxylic acids is 2. The number of benzene rings is 2. The summed E-state index contributed by atoms with van der Waals surface area (Å²) in [7, 11) is 0. The van der Waals surface area contributed by atoms with Crippen LogP contribution in [0.2, 0.25) is 0 Å². The van der Waals surface area contributed by atoms with Gasteiger partial charge in [0.05, 0.1) is 6.42 Å². The van der Waals surface area contributed by atoms with Gasteiger partial charge in [0.2, 0.25) is 11.8 Å². The molecular weight excluding hydrogens is 590 g/mol. The van der Waals surface area contributed by atoms with Crippen LogP contribution in [0.1, 0.15) is 43.4 Å². The zero-order chi connectivity index (χ0) is 33.6. The summed E-state index contributed by atoms with van der Waals surface area (Å²) in [6, 6.07) is 11.9. The number of carbonyl (C=O) groups is 7. The quantitative estimate of drug-likeness (QED) is 0.133. The molecule has 0 saturated carbocycles. The molecule has 1 aliphatic rings. The Kier molecular flexibility index (Phi) is 11.8. The number of hydrogen-bond donors (Lipinski definition) is 5. The Bertz CT molecular complexity index is 1410. The van der Waals surface area contributed by atoms with Crippen molar-refractivity contribution >= 4 is 41.8 Å². The van der Waals surface area contributed by atoms with Crippen LogP contribution in [0.15, 0.2) is 60.7 Å². The standard InChI is InChI=1S/C30H35N5O10/c1-2-34-22(14-9-15-31-29(43)45-18-19-10-5-3-6-11-19)27(40)35(30(34)44)17-23(36)32-21(16-24(37)38)26(39)33-25(28(41)42)20-12-7-4-8-13-20/h3-8,10-13,21-22,25H,2,9,14-18H2,1H3,(H,31,43)(H,32,36)(H,33,39)(H,37,38)(H,41,42)/t21-,22-,25?/m0/s1/i/hD. The van der Waals surface area contributed by atoms with Gasteiger partial charge in [-0.1, -0.05) is 60.7 Å². The number of carboxylic acids is 2. The van der Waals surface area contributed by atoms with Crippen molar-refractivity contribution < 1.29 is 48.5 Å². The number of nitrogens with zero attached hydrogens (tertiary/aromatic N) is 2. The van der Waals surface area contributed by atoms with Crippen molar-refractivity contribution in [2.24, 2.45) is 0 Å². The minimum Gasteiger partial charge on any atom is -0.481 e. The van der Waals surface area contributed by atoms with Crippen LogP contribution >= 0.6 is 0 Å². The molecule has 0 spiro atoms. The largest absolute Gasteiger partial charge is 0.481 e. The number of ether oxygens (including phenoxy) is 1. The molecule has 45 heavy (non-hydrogen) atoms. The second-order valence-electron chi connectivity index (χ2n) is 10.0. The summed E-state index contributed by atoms with van der Waals surface area (Å²) in [5, 5.41) is 20.5. The lowest BCUT2D eigenvalue weighted by Gasteiger charge is -2.22. The Hall–Kier alpha value is -5.47. The van der Waals surface area contributed by atoms with Gasteiger partial charge in [-0.25, -0.2) is 14.4 Å². The first-order valence-electron chi connectivity index (χ1n) is 14.6. The zero-order valence-electron chi connectivity index (χ0n) is 25.5. The topological polar surface area (TPSA) is 212 Å². The molecule has 1 aliphatic heterocycles. The SMILES string of the molecule is [2H]OC(=O)C[C@H](NC(=O)CN1C(=O)[C@H](CCCNC(=O)OCc2ccccc2)N(CC)C1=O)C(=O)NC(C(=O)O)c1ccccc1. The van der Waals surface area contributed by atoms with E-state index in [-0.39, 0.29) is 31.7 Å². The molecule has 0 aromatic heterocycles. The van der Waals surface area contributed by atoms with E-state index in [9.17, 15) is 38.7 Å². The van der Waals surface area contributed by atoms with E-state index in [1.165, 1.54) is 17.0 Å². The number of hydrogen-bond acceptors (Lipinski definition) is 9. The van der Waals surface area contributed by atoms with Crippen molar-refractivity contribution in [1.29, 1.82) is 1.43 Å². The predicted molar refractivity (Wildman–Crippen MR) is 156 cm³/mol. The number of carboxylic acid groups (broad SMARTS) is 2. The Balaban J connectivity index is 1.57. The first kappa shape index (κ1) is 32.4. The maximum atomic E-state index is 13.2. The molecule has 15 heteroatoms. The molecule has 1 heterocycles. The maximum Gasteiger partial charge on any atom is 0.407 e. The van der Waals surface area contributed by atoms with Crippen LogP contribution < -0.4 is 16.0 Å². The molecule has 240 valence electrons. The van der Waals surface area contributed by atoms with E-state index in [4.69, 9.17) is 6.17 Å². The fraction of sp³-hybridized carbons (Fsp3) is 0.367. The van der Waals surface area contributed by atoms with Gasteiger partial charge < -0.3 is 35.8 Å². The van der Waals surface area contributed by atoms with E-state index < -0.39 is 72.9 Å². The average Bonchev–Trinajstić information content (AvgIpc) is 3.28. The summed E-state index contributed by atoms with van der Waals surface area (Å²) in [5.74, 6) is -5.35. The highest BCUT2D eigenvalue weighted by molar-refractivity contribution is 6.06. The summed E-state index contributed by atoms with van der Waals surface area (Å²) in [6.07, 6.45) is -0.986. The van der Waals surface area contributed by atoms with Crippen LogP contribution in [0, 0.1) is 0 Å². The average molecular weight is 627 g/mol. The highest BCUT2D eigenvalue weighted by Gasteiger charge is 2.44. The van der Waals surface area contributed by atoms with Crippen molar-refractivity contribution in [3.8, 4) is 0 Å². The van der Waals surface area contributed by atoms with Gasteiger partial charge in [0, 0.05) is 13.1 Å². The summed E-state index contributed by atoms with van der Waals surface area (Å²) in [6.45, 7) is 1.25. The normalized spacial score (nSPS) is 15.8. The van der Waals surface area contributed by atoms with E-state index in [0.717, 1.165) is 5.56 Å². The van der Waals surface area contributed by atoms with Crippen LogP contribution in [0.25, 0.3) is 1.43 Å². The van der Waals surface area contributed by atoms with Gasteiger partial charge in [0.1, 0.15) is 25.2 Å². The minimum absolute atomic E-state index is 0.0862. The van der Waals surface area contributed by atoms with Gasteiger partial charge in [-0.05, 0) is 30.9 Å². The second kappa shape index (κ2) is 16.4. The molecule has 0 aliphatic carbocycles. The van der Waals surface area contributed by atoms with Gasteiger partial charge >= 0.3 is 24.1 Å². The first-order chi connectivity index (χ1) is 22.0. The van der Waals surface area contributed by atoms with E-state index in [0.29, 0.717) is 11.3 Å². The van der Waals surface area contributed by atoms with Crippen molar-refractivity contribution in [2.45, 2.75) is 50.9 Å². The van der Waals surface area contributed by atoms with E-state index in [1.807, 2.05) is 30.3 Å². The Morgan fingerprint density at radius 3 is 2.29 bits per heavy atom. The summed E-state index contributed by atoms with van der Waals surface area (Å²) < 4.78 is 11.9. The summed E-state index contributed by atoms with van der Waals surface area (Å²) in [4.78, 5) is 89.7. The molecule has 1 unspecified atom stereocenters. The third-order valence-electron chi connectivity index (χ3n) is 6.87. The van der Waals surface area contributed by atoms with Gasteiger partial charge in [-0.2, -0.15) is 0 Å². The number of likely N-dealkylation sites (N-methyl/N-ethyl adjacent to an activating group) is 1. The Labute approximate surface area is 260 Å². The highest BCUT2D eigenvalue weighted by atomic mass is 16.5. The van der Waals surface area contributed by atoms with Crippen molar-refractivity contribution in [1.82, 2.24) is 25.8 Å². The van der Waals surface area contributed by atoms with Crippen molar-refractivity contribution in [2.75, 3.05) is 19.6 Å². The molecule has 1 saturated heterocycles. The Morgan fingerprint density at radius 1 is 1.00 bits per heavy atom. The van der Waals surface area contributed by atoms with Gasteiger partial charge in [-0.3, -0.25) is 24.1 Å². The van der Waals surface area contributed by atoms with Gasteiger partial charge in [0.15, 0.2) is 6.04 Å². The molecule has 2 aromatic rings. The number of imide groups is 1. The predicted octanol–water partition coefficient (Wildman–Crippen LogP) is 1.25. The maximum absolute atomic E-state index is 13.2. The third-order valence-corrected chi connectivity index (χ3v) is 6.87. The lowest BCUT2D eigenvalue weighted by molar-refractivity contribution is -0.143. The third kappa shape index (κ3) is 9.77. The lowest BCUT2D eigenvalue weighted by Crippen LogP contribution is -2.52. The fourth-order valence-electron chi connectivity index (χ4n) is 4.67. The highest BCUT2D eigenvalue weighted by Crippen LogP contribution is 2.21. The van der Waals surface area contributed by atoms with Crippen LogP contribution in [-0.4, -0.2) is 93.5 Å². The smallest absolute Gasteiger partial charge is 0.407 e. The molecule has 0 bridgehead atoms. The number of rotatable bonds is 16. The minimum atomic E-state index is -1.69. The van der Waals surface area contributed by atoms with Crippen LogP contribution in [0.3, 0.4) is 0 Å². The number of alkyl carbamates (subject to hydrolysis) is 1.